The Balaban J connectivity index is 2.19. The first-order chi connectivity index (χ1) is 8.58. The summed E-state index contributed by atoms with van der Waals surface area (Å²) < 4.78 is 13.3. The fourth-order valence-corrected chi connectivity index (χ4v) is 1.95. The van der Waals surface area contributed by atoms with Gasteiger partial charge in [0.05, 0.1) is 10.7 Å². The molecule has 0 radical (unpaired) electrons. The molecule has 1 heterocycles. The molecule has 0 aliphatic carbocycles. The van der Waals surface area contributed by atoms with E-state index >= 15 is 0 Å². The Labute approximate surface area is 110 Å². The van der Waals surface area contributed by atoms with Crippen LogP contribution in [-0.4, -0.2) is 10.1 Å². The summed E-state index contributed by atoms with van der Waals surface area (Å²) in [6, 6.07) is 8.22. The lowest BCUT2D eigenvalue weighted by Gasteiger charge is -2.12. The molecule has 0 aliphatic rings. The van der Waals surface area contributed by atoms with Crippen LogP contribution in [0.5, 0.6) is 0 Å². The van der Waals surface area contributed by atoms with Crippen molar-refractivity contribution in [3.05, 3.63) is 64.2 Å². The summed E-state index contributed by atoms with van der Waals surface area (Å²) in [6.45, 7) is 1.88. The molecular formula is C14H13ClFNO. The lowest BCUT2D eigenvalue weighted by atomic mass is 10.0. The number of halogens is 2. The number of aromatic nitrogens is 1. The molecule has 18 heavy (non-hydrogen) atoms. The van der Waals surface area contributed by atoms with Crippen LogP contribution >= 0.6 is 11.6 Å². The third-order valence-electron chi connectivity index (χ3n) is 2.78. The number of hydrogen-bond donors (Lipinski definition) is 1. The van der Waals surface area contributed by atoms with Crippen LogP contribution in [0.1, 0.15) is 22.9 Å². The van der Waals surface area contributed by atoms with Crippen LogP contribution in [0.15, 0.2) is 36.5 Å². The number of aliphatic hydroxyl groups is 1. The molecule has 2 nitrogen and oxygen atoms in total. The molecule has 0 bridgehead atoms. The van der Waals surface area contributed by atoms with Crippen LogP contribution in [0.2, 0.25) is 5.02 Å². The normalized spacial score (nSPS) is 12.4. The molecule has 0 amide bonds. The van der Waals surface area contributed by atoms with Crippen LogP contribution in [0.3, 0.4) is 0 Å². The van der Waals surface area contributed by atoms with E-state index in [0.29, 0.717) is 17.7 Å². The van der Waals surface area contributed by atoms with Crippen molar-refractivity contribution in [2.75, 3.05) is 0 Å². The Bertz CT molecular complexity index is 559. The monoisotopic (exact) mass is 265 g/mol. The van der Waals surface area contributed by atoms with E-state index in [-0.39, 0.29) is 5.02 Å². The molecule has 0 spiro atoms. The molecule has 0 fully saturated rings. The minimum Gasteiger partial charge on any atom is -0.386 e. The summed E-state index contributed by atoms with van der Waals surface area (Å²) in [4.78, 5) is 4.14. The Hall–Kier alpha value is -1.45. The van der Waals surface area contributed by atoms with Crippen LogP contribution in [-0.2, 0) is 6.42 Å². The maximum absolute atomic E-state index is 13.3. The minimum absolute atomic E-state index is 0.0854. The number of aryl methyl sites for hydroxylation is 1. The predicted octanol–water partition coefficient (Wildman–Crippen LogP) is 3.46. The molecule has 1 unspecified atom stereocenters. The van der Waals surface area contributed by atoms with Gasteiger partial charge in [0.15, 0.2) is 0 Å². The van der Waals surface area contributed by atoms with Crippen molar-refractivity contribution >= 4 is 11.6 Å². The van der Waals surface area contributed by atoms with Gasteiger partial charge in [-0.25, -0.2) is 4.39 Å². The number of benzene rings is 1. The molecule has 1 atom stereocenters. The van der Waals surface area contributed by atoms with Crippen LogP contribution in [0, 0.1) is 12.7 Å². The third-order valence-corrected chi connectivity index (χ3v) is 3.09. The average Bonchev–Trinajstić information content (AvgIpc) is 2.34. The second kappa shape index (κ2) is 5.46. The second-order valence-electron chi connectivity index (χ2n) is 4.17. The summed E-state index contributed by atoms with van der Waals surface area (Å²) in [5.74, 6) is -0.473. The second-order valence-corrected chi connectivity index (χ2v) is 4.58. The quantitative estimate of drug-likeness (QED) is 0.922. The molecule has 1 aromatic heterocycles. The van der Waals surface area contributed by atoms with Crippen molar-refractivity contribution in [1.82, 2.24) is 4.98 Å². The van der Waals surface area contributed by atoms with Gasteiger partial charge in [0.25, 0.3) is 0 Å². The van der Waals surface area contributed by atoms with Gasteiger partial charge >= 0.3 is 0 Å². The summed E-state index contributed by atoms with van der Waals surface area (Å²) >= 11 is 5.61. The molecule has 4 heteroatoms. The van der Waals surface area contributed by atoms with Crippen molar-refractivity contribution in [3.63, 3.8) is 0 Å². The molecule has 1 N–H and O–H groups in total. The van der Waals surface area contributed by atoms with Crippen molar-refractivity contribution in [1.29, 1.82) is 0 Å². The average molecular weight is 266 g/mol. The maximum Gasteiger partial charge on any atom is 0.142 e. The van der Waals surface area contributed by atoms with Gasteiger partial charge in [0.2, 0.25) is 0 Å². The van der Waals surface area contributed by atoms with Gasteiger partial charge in [-0.05, 0) is 36.2 Å². The van der Waals surface area contributed by atoms with Gasteiger partial charge in [-0.3, -0.25) is 4.98 Å². The van der Waals surface area contributed by atoms with E-state index in [1.165, 1.54) is 12.1 Å². The lowest BCUT2D eigenvalue weighted by molar-refractivity contribution is 0.172. The van der Waals surface area contributed by atoms with E-state index in [1.54, 1.807) is 12.3 Å². The van der Waals surface area contributed by atoms with E-state index in [2.05, 4.69) is 4.98 Å². The molecule has 0 saturated carbocycles. The topological polar surface area (TPSA) is 33.1 Å². The van der Waals surface area contributed by atoms with Gasteiger partial charge < -0.3 is 5.11 Å². The molecule has 2 aromatic rings. The van der Waals surface area contributed by atoms with Crippen LogP contribution < -0.4 is 0 Å². The summed E-state index contributed by atoms with van der Waals surface area (Å²) in [7, 11) is 0. The summed E-state index contributed by atoms with van der Waals surface area (Å²) in [5.41, 5.74) is 2.22. The van der Waals surface area contributed by atoms with Gasteiger partial charge in [0, 0.05) is 12.6 Å². The fraction of sp³-hybridized carbons (Fsp3) is 0.214. The zero-order valence-electron chi connectivity index (χ0n) is 9.90. The molecule has 0 aliphatic heterocycles. The molecule has 0 saturated heterocycles. The highest BCUT2D eigenvalue weighted by Crippen LogP contribution is 2.22. The van der Waals surface area contributed by atoms with E-state index < -0.39 is 11.9 Å². The number of aliphatic hydroxyl groups excluding tert-OH is 1. The van der Waals surface area contributed by atoms with E-state index in [1.807, 2.05) is 19.1 Å². The first kappa shape index (κ1) is 13.0. The highest BCUT2D eigenvalue weighted by atomic mass is 35.5. The standard InChI is InChI=1S/C14H13ClFNO/c1-9-3-2-6-17-14(9)13(18)8-10-4-5-11(15)12(16)7-10/h2-7,13,18H,8H2,1H3. The molecule has 94 valence electrons. The fourth-order valence-electron chi connectivity index (χ4n) is 1.83. The van der Waals surface area contributed by atoms with Crippen LogP contribution in [0.4, 0.5) is 4.39 Å². The highest BCUT2D eigenvalue weighted by molar-refractivity contribution is 6.30. The van der Waals surface area contributed by atoms with Gasteiger partial charge in [-0.1, -0.05) is 23.7 Å². The maximum atomic E-state index is 13.3. The number of pyridine rings is 1. The number of hydrogen-bond acceptors (Lipinski definition) is 2. The Morgan fingerprint density at radius 3 is 2.83 bits per heavy atom. The van der Waals surface area contributed by atoms with E-state index in [9.17, 15) is 9.50 Å². The molecule has 1 aromatic carbocycles. The Morgan fingerprint density at radius 2 is 2.17 bits per heavy atom. The smallest absolute Gasteiger partial charge is 0.142 e. The minimum atomic E-state index is -0.744. The third kappa shape index (κ3) is 2.86. The molecule has 2 rings (SSSR count). The van der Waals surface area contributed by atoms with Gasteiger partial charge in [0.1, 0.15) is 11.9 Å². The summed E-state index contributed by atoms with van der Waals surface area (Å²) in [5, 5.41) is 10.2. The molecular weight excluding hydrogens is 253 g/mol. The number of rotatable bonds is 3. The largest absolute Gasteiger partial charge is 0.386 e. The zero-order valence-corrected chi connectivity index (χ0v) is 10.7. The predicted molar refractivity (Wildman–Crippen MR) is 69.0 cm³/mol. The van der Waals surface area contributed by atoms with E-state index in [4.69, 9.17) is 11.6 Å². The highest BCUT2D eigenvalue weighted by Gasteiger charge is 2.13. The Kier molecular flexibility index (Phi) is 3.94. The van der Waals surface area contributed by atoms with Crippen molar-refractivity contribution < 1.29 is 9.50 Å². The van der Waals surface area contributed by atoms with Gasteiger partial charge in [-0.2, -0.15) is 0 Å². The summed E-state index contributed by atoms with van der Waals surface area (Å²) in [6.07, 6.45) is 1.20. The van der Waals surface area contributed by atoms with Crippen molar-refractivity contribution in [3.8, 4) is 0 Å². The van der Waals surface area contributed by atoms with Gasteiger partial charge in [-0.15, -0.1) is 0 Å². The first-order valence-corrected chi connectivity index (χ1v) is 5.99. The zero-order chi connectivity index (χ0) is 13.1. The van der Waals surface area contributed by atoms with E-state index in [0.717, 1.165) is 5.56 Å². The Morgan fingerprint density at radius 1 is 1.39 bits per heavy atom. The van der Waals surface area contributed by atoms with Crippen LogP contribution in [0.25, 0.3) is 0 Å². The van der Waals surface area contributed by atoms with Crippen molar-refractivity contribution in [2.45, 2.75) is 19.4 Å². The lowest BCUT2D eigenvalue weighted by Crippen LogP contribution is -2.06. The number of nitrogens with zero attached hydrogens (tertiary/aromatic N) is 1. The first-order valence-electron chi connectivity index (χ1n) is 5.61. The SMILES string of the molecule is Cc1cccnc1C(O)Cc1ccc(Cl)c(F)c1. The van der Waals surface area contributed by atoms with Crippen molar-refractivity contribution in [2.24, 2.45) is 0 Å².